The van der Waals surface area contributed by atoms with Gasteiger partial charge >= 0.3 is 5.97 Å². The number of nitrogens with one attached hydrogen (secondary N) is 1. The van der Waals surface area contributed by atoms with Crippen molar-refractivity contribution in [1.29, 1.82) is 0 Å². The van der Waals surface area contributed by atoms with Gasteiger partial charge in [0.1, 0.15) is 6.04 Å². The second kappa shape index (κ2) is 4.31. The summed E-state index contributed by atoms with van der Waals surface area (Å²) in [5, 5.41) is 11.9. The fourth-order valence-corrected chi connectivity index (χ4v) is 3.95. The molecule has 1 atom stereocenters. The molecule has 1 saturated carbocycles. The van der Waals surface area contributed by atoms with Crippen LogP contribution < -0.4 is 5.32 Å². The van der Waals surface area contributed by atoms with E-state index in [9.17, 15) is 13.2 Å². The number of carboxylic acid groups (broad SMARTS) is 1. The van der Waals surface area contributed by atoms with Crippen molar-refractivity contribution >= 4 is 16.0 Å². The molecular formula is C9H16N2O4S. The summed E-state index contributed by atoms with van der Waals surface area (Å²) in [4.78, 5) is 11.0. The van der Waals surface area contributed by atoms with E-state index in [1.165, 1.54) is 0 Å². The van der Waals surface area contributed by atoms with Gasteiger partial charge in [-0.25, -0.2) is 8.42 Å². The minimum Gasteiger partial charge on any atom is -0.480 e. The lowest BCUT2D eigenvalue weighted by molar-refractivity contribution is -0.141. The van der Waals surface area contributed by atoms with Gasteiger partial charge in [0, 0.05) is 19.6 Å². The summed E-state index contributed by atoms with van der Waals surface area (Å²) < 4.78 is 25.1. The van der Waals surface area contributed by atoms with E-state index in [4.69, 9.17) is 5.11 Å². The smallest absolute Gasteiger partial charge is 0.323 e. The quantitative estimate of drug-likeness (QED) is 0.672. The van der Waals surface area contributed by atoms with Crippen molar-refractivity contribution in [2.24, 2.45) is 5.92 Å². The first-order valence-corrected chi connectivity index (χ1v) is 7.04. The Balaban J connectivity index is 2.11. The van der Waals surface area contributed by atoms with Crippen LogP contribution in [0.25, 0.3) is 0 Å². The molecule has 0 spiro atoms. The molecule has 0 bridgehead atoms. The summed E-state index contributed by atoms with van der Waals surface area (Å²) in [5.41, 5.74) is 0. The largest absolute Gasteiger partial charge is 0.480 e. The van der Waals surface area contributed by atoms with Crippen LogP contribution >= 0.6 is 0 Å². The van der Waals surface area contributed by atoms with Crippen LogP contribution in [0, 0.1) is 5.92 Å². The molecule has 0 aromatic carbocycles. The number of hydrogen-bond donors (Lipinski definition) is 2. The Labute approximate surface area is 94.7 Å². The second-order valence-corrected chi connectivity index (χ2v) is 6.36. The third-order valence-electron chi connectivity index (χ3n) is 2.98. The molecule has 2 fully saturated rings. The van der Waals surface area contributed by atoms with Gasteiger partial charge in [-0.2, -0.15) is 4.31 Å². The highest BCUT2D eigenvalue weighted by Crippen LogP contribution is 2.31. The zero-order valence-corrected chi connectivity index (χ0v) is 9.74. The molecule has 7 heteroatoms. The van der Waals surface area contributed by atoms with E-state index in [2.05, 4.69) is 5.32 Å². The van der Waals surface area contributed by atoms with Gasteiger partial charge in [0.2, 0.25) is 10.0 Å². The zero-order chi connectivity index (χ0) is 11.8. The Morgan fingerprint density at radius 3 is 2.69 bits per heavy atom. The molecular weight excluding hydrogens is 232 g/mol. The number of piperazine rings is 1. The number of carboxylic acids is 1. The van der Waals surface area contributed by atoms with E-state index < -0.39 is 22.0 Å². The van der Waals surface area contributed by atoms with E-state index in [0.29, 0.717) is 6.54 Å². The molecule has 2 rings (SSSR count). The average Bonchev–Trinajstić information content (AvgIpc) is 3.01. The number of sulfonamides is 1. The molecule has 0 amide bonds. The summed E-state index contributed by atoms with van der Waals surface area (Å²) in [6.45, 7) is 0.971. The average molecular weight is 248 g/mol. The lowest BCUT2D eigenvalue weighted by Crippen LogP contribution is -2.57. The third-order valence-corrected chi connectivity index (χ3v) is 5.02. The number of aliphatic carboxylic acids is 1. The second-order valence-electron chi connectivity index (χ2n) is 4.39. The minimum atomic E-state index is -3.40. The molecule has 6 nitrogen and oxygen atoms in total. The van der Waals surface area contributed by atoms with Gasteiger partial charge in [-0.05, 0) is 18.8 Å². The lowest BCUT2D eigenvalue weighted by atomic mass is 10.2. The van der Waals surface area contributed by atoms with E-state index >= 15 is 0 Å². The molecule has 0 aromatic heterocycles. The van der Waals surface area contributed by atoms with Crippen molar-refractivity contribution in [3.63, 3.8) is 0 Å². The molecule has 1 saturated heterocycles. The highest BCUT2D eigenvalue weighted by Gasteiger charge is 2.39. The normalized spacial score (nSPS) is 27.9. The van der Waals surface area contributed by atoms with E-state index in [1.54, 1.807) is 0 Å². The third kappa shape index (κ3) is 2.53. The van der Waals surface area contributed by atoms with Crippen LogP contribution in [-0.4, -0.2) is 55.2 Å². The molecule has 2 N–H and O–H groups in total. The molecule has 2 aliphatic rings. The van der Waals surface area contributed by atoms with Crippen LogP contribution in [-0.2, 0) is 14.8 Å². The molecule has 1 aliphatic carbocycles. The summed E-state index contributed by atoms with van der Waals surface area (Å²) in [7, 11) is -3.40. The summed E-state index contributed by atoms with van der Waals surface area (Å²) in [6.07, 6.45) is 1.89. The van der Waals surface area contributed by atoms with Gasteiger partial charge in [-0.3, -0.25) is 4.79 Å². The number of rotatable bonds is 4. The predicted octanol–water partition coefficient (Wildman–Crippen LogP) is -0.915. The maximum atomic E-state index is 12.0. The number of hydrogen-bond acceptors (Lipinski definition) is 4. The van der Waals surface area contributed by atoms with Gasteiger partial charge in [-0.1, -0.05) is 0 Å². The number of nitrogens with zero attached hydrogens (tertiary/aromatic N) is 1. The minimum absolute atomic E-state index is 0.108. The van der Waals surface area contributed by atoms with Gasteiger partial charge < -0.3 is 10.4 Å². The van der Waals surface area contributed by atoms with Crippen LogP contribution in [0.15, 0.2) is 0 Å². The number of carbonyl (C=O) groups is 1. The van der Waals surface area contributed by atoms with Crippen LogP contribution in [0.1, 0.15) is 12.8 Å². The van der Waals surface area contributed by atoms with E-state index in [1.807, 2.05) is 0 Å². The Morgan fingerprint density at radius 2 is 2.12 bits per heavy atom. The van der Waals surface area contributed by atoms with E-state index in [0.717, 1.165) is 17.1 Å². The van der Waals surface area contributed by atoms with Crippen molar-refractivity contribution in [3.05, 3.63) is 0 Å². The molecule has 16 heavy (non-hydrogen) atoms. The van der Waals surface area contributed by atoms with E-state index in [-0.39, 0.29) is 24.8 Å². The Kier molecular flexibility index (Phi) is 3.18. The molecule has 1 heterocycles. The molecule has 0 aromatic rings. The molecule has 1 unspecified atom stereocenters. The zero-order valence-electron chi connectivity index (χ0n) is 8.92. The van der Waals surface area contributed by atoms with Crippen molar-refractivity contribution < 1.29 is 18.3 Å². The van der Waals surface area contributed by atoms with Gasteiger partial charge in [-0.15, -0.1) is 0 Å². The van der Waals surface area contributed by atoms with Crippen LogP contribution in [0.2, 0.25) is 0 Å². The predicted molar refractivity (Wildman–Crippen MR) is 57.5 cm³/mol. The monoisotopic (exact) mass is 248 g/mol. The molecule has 92 valence electrons. The molecule has 1 aliphatic heterocycles. The Morgan fingerprint density at radius 1 is 1.44 bits per heavy atom. The van der Waals surface area contributed by atoms with Crippen molar-refractivity contribution in [2.75, 3.05) is 25.4 Å². The lowest BCUT2D eigenvalue weighted by Gasteiger charge is -2.32. The highest BCUT2D eigenvalue weighted by atomic mass is 32.2. The first-order valence-electron chi connectivity index (χ1n) is 5.44. The standard InChI is InChI=1S/C9H16N2O4S/c12-9(13)8-5-10-3-4-11(8)16(14,15)6-7-1-2-7/h7-8,10H,1-6H2,(H,12,13). The maximum absolute atomic E-state index is 12.0. The maximum Gasteiger partial charge on any atom is 0.323 e. The van der Waals surface area contributed by atoms with Crippen molar-refractivity contribution in [2.45, 2.75) is 18.9 Å². The van der Waals surface area contributed by atoms with Crippen LogP contribution in [0.5, 0.6) is 0 Å². The Bertz CT molecular complexity index is 377. The SMILES string of the molecule is O=C(O)C1CNCCN1S(=O)(=O)CC1CC1. The van der Waals surface area contributed by atoms with Crippen LogP contribution in [0.4, 0.5) is 0 Å². The summed E-state index contributed by atoms with van der Waals surface area (Å²) >= 11 is 0. The topological polar surface area (TPSA) is 86.7 Å². The highest BCUT2D eigenvalue weighted by molar-refractivity contribution is 7.89. The van der Waals surface area contributed by atoms with Crippen molar-refractivity contribution in [3.8, 4) is 0 Å². The first kappa shape index (κ1) is 11.8. The van der Waals surface area contributed by atoms with Gasteiger partial charge in [0.25, 0.3) is 0 Å². The van der Waals surface area contributed by atoms with Crippen LogP contribution in [0.3, 0.4) is 0 Å². The summed E-state index contributed by atoms with van der Waals surface area (Å²) in [6, 6.07) is -0.947. The van der Waals surface area contributed by atoms with Gasteiger partial charge in [0.15, 0.2) is 0 Å². The molecule has 0 radical (unpaired) electrons. The fraction of sp³-hybridized carbons (Fsp3) is 0.889. The first-order chi connectivity index (χ1) is 7.50. The van der Waals surface area contributed by atoms with Gasteiger partial charge in [0.05, 0.1) is 5.75 Å². The fourth-order valence-electron chi connectivity index (χ4n) is 1.91. The summed E-state index contributed by atoms with van der Waals surface area (Å²) in [5.74, 6) is -0.725. The Hall–Kier alpha value is -0.660. The van der Waals surface area contributed by atoms with Crippen molar-refractivity contribution in [1.82, 2.24) is 9.62 Å².